The fourth-order valence-corrected chi connectivity index (χ4v) is 5.56. The largest absolute Gasteiger partial charge is 0.318 e. The van der Waals surface area contributed by atoms with Crippen molar-refractivity contribution in [1.82, 2.24) is 19.2 Å². The van der Waals surface area contributed by atoms with Crippen molar-refractivity contribution in [3.8, 4) is 0 Å². The first-order chi connectivity index (χ1) is 11.6. The van der Waals surface area contributed by atoms with Crippen LogP contribution in [0.1, 0.15) is 23.9 Å². The predicted molar refractivity (Wildman–Crippen MR) is 98.8 cm³/mol. The lowest BCUT2D eigenvalue weighted by atomic mass is 10.1. The zero-order chi connectivity index (χ0) is 16.7. The maximum Gasteiger partial charge on any atom is 0.260 e. The molecule has 9 heteroatoms. The van der Waals surface area contributed by atoms with Crippen LogP contribution in [0.3, 0.4) is 0 Å². The first-order valence-corrected chi connectivity index (χ1v) is 9.92. The number of aromatic nitrogens is 2. The number of nitrogens with zero attached hydrogens (tertiary/aromatic N) is 3. The van der Waals surface area contributed by atoms with Gasteiger partial charge in [-0.1, -0.05) is 29.8 Å². The Kier molecular flexibility index (Phi) is 5.41. The number of hydrogen-bond donors (Lipinski definition) is 1. The summed E-state index contributed by atoms with van der Waals surface area (Å²) in [6.07, 6.45) is 3.28. The molecule has 1 aromatic carbocycles. The Balaban J connectivity index is 0.00000182. The maximum absolute atomic E-state index is 13.3. The molecule has 0 aliphatic carbocycles. The minimum atomic E-state index is -3.62. The number of fused-ring (bicyclic) bond motifs is 1. The molecule has 1 unspecified atom stereocenters. The quantitative estimate of drug-likeness (QED) is 0.854. The Bertz CT molecular complexity index is 869. The highest BCUT2D eigenvalue weighted by Gasteiger charge is 2.38. The molecule has 136 valence electrons. The second-order valence-corrected chi connectivity index (χ2v) is 8.37. The molecule has 0 spiro atoms. The summed E-state index contributed by atoms with van der Waals surface area (Å²) in [6.45, 7) is 2.30. The summed E-state index contributed by atoms with van der Waals surface area (Å²) in [4.78, 5) is 4.29. The van der Waals surface area contributed by atoms with Gasteiger partial charge in [0.1, 0.15) is 5.82 Å². The van der Waals surface area contributed by atoms with Gasteiger partial charge < -0.3 is 9.88 Å². The average molecular weight is 403 g/mol. The van der Waals surface area contributed by atoms with Gasteiger partial charge in [-0.25, -0.2) is 13.4 Å². The number of aryl methyl sites for hydroxylation is 1. The molecule has 0 saturated carbocycles. The van der Waals surface area contributed by atoms with Gasteiger partial charge in [-0.15, -0.1) is 12.4 Å². The van der Waals surface area contributed by atoms with E-state index < -0.39 is 10.0 Å². The summed E-state index contributed by atoms with van der Waals surface area (Å²) in [5.74, 6) is 0.859. The summed E-state index contributed by atoms with van der Waals surface area (Å²) >= 11 is 6.32. The van der Waals surface area contributed by atoms with Crippen LogP contribution in [0.4, 0.5) is 0 Å². The second-order valence-electron chi connectivity index (χ2n) is 6.13. The Labute approximate surface area is 158 Å². The Hall–Kier alpha value is -1.12. The van der Waals surface area contributed by atoms with Crippen LogP contribution in [0.15, 0.2) is 35.5 Å². The van der Waals surface area contributed by atoms with E-state index in [-0.39, 0.29) is 18.4 Å². The first-order valence-electron chi connectivity index (χ1n) is 8.10. The van der Waals surface area contributed by atoms with Gasteiger partial charge in [-0.05, 0) is 18.1 Å². The summed E-state index contributed by atoms with van der Waals surface area (Å²) in [7, 11) is -3.62. The van der Waals surface area contributed by atoms with E-state index in [1.165, 1.54) is 6.20 Å². The van der Waals surface area contributed by atoms with Crippen molar-refractivity contribution in [3.63, 3.8) is 0 Å². The molecular formula is C16H20Cl2N4O2S. The van der Waals surface area contributed by atoms with E-state index in [9.17, 15) is 8.42 Å². The summed E-state index contributed by atoms with van der Waals surface area (Å²) < 4.78 is 30.0. The van der Waals surface area contributed by atoms with Crippen LogP contribution in [0.2, 0.25) is 5.02 Å². The monoisotopic (exact) mass is 402 g/mol. The van der Waals surface area contributed by atoms with Gasteiger partial charge >= 0.3 is 0 Å². The topological polar surface area (TPSA) is 67.2 Å². The summed E-state index contributed by atoms with van der Waals surface area (Å²) in [5.41, 5.74) is 0.830. The SMILES string of the molecule is Cl.O=S(=O)(c1cnc2n1CCC2)N1CCNCC1c1ccccc1Cl. The van der Waals surface area contributed by atoms with E-state index in [0.29, 0.717) is 36.2 Å². The standard InChI is InChI=1S/C16H19ClN4O2S.ClH/c17-13-5-2-1-4-12(13)14-10-18-7-9-21(14)24(22,23)16-11-19-15-6-3-8-20(15)16;/h1-2,4-5,11,14,18H,3,6-10H2;1H. The van der Waals surface area contributed by atoms with Crippen LogP contribution in [0.25, 0.3) is 0 Å². The molecule has 2 aromatic rings. The van der Waals surface area contributed by atoms with Gasteiger partial charge in [0.15, 0.2) is 5.03 Å². The fraction of sp³-hybridized carbons (Fsp3) is 0.438. The van der Waals surface area contributed by atoms with E-state index in [1.807, 2.05) is 22.8 Å². The predicted octanol–water partition coefficient (Wildman–Crippen LogP) is 2.24. The molecule has 1 N–H and O–H groups in total. The molecule has 0 bridgehead atoms. The third-order valence-corrected chi connectivity index (χ3v) is 6.97. The minimum absolute atomic E-state index is 0. The highest BCUT2D eigenvalue weighted by Crippen LogP contribution is 2.33. The lowest BCUT2D eigenvalue weighted by molar-refractivity contribution is 0.270. The van der Waals surface area contributed by atoms with E-state index in [4.69, 9.17) is 11.6 Å². The van der Waals surface area contributed by atoms with Crippen molar-refractivity contribution < 1.29 is 8.42 Å². The Morgan fingerprint density at radius 3 is 2.84 bits per heavy atom. The molecule has 1 atom stereocenters. The van der Waals surface area contributed by atoms with Crippen molar-refractivity contribution >= 4 is 34.0 Å². The summed E-state index contributed by atoms with van der Waals surface area (Å²) in [6, 6.07) is 7.11. The fourth-order valence-electron chi connectivity index (χ4n) is 3.54. The number of sulfonamides is 1. The van der Waals surface area contributed by atoms with Crippen LogP contribution in [-0.2, 0) is 23.0 Å². The number of rotatable bonds is 3. The molecule has 2 aliphatic heterocycles. The Morgan fingerprint density at radius 2 is 2.04 bits per heavy atom. The van der Waals surface area contributed by atoms with E-state index >= 15 is 0 Å². The lowest BCUT2D eigenvalue weighted by Gasteiger charge is -2.35. The molecule has 3 heterocycles. The first kappa shape index (κ1) is 18.7. The third kappa shape index (κ3) is 3.19. The van der Waals surface area contributed by atoms with Gasteiger partial charge in [-0.3, -0.25) is 0 Å². The number of hydrogen-bond acceptors (Lipinski definition) is 4. The van der Waals surface area contributed by atoms with Gasteiger partial charge in [0, 0.05) is 37.6 Å². The molecule has 4 rings (SSSR count). The third-order valence-electron chi connectivity index (χ3n) is 4.72. The van der Waals surface area contributed by atoms with E-state index in [1.54, 1.807) is 10.4 Å². The second kappa shape index (κ2) is 7.25. The summed E-state index contributed by atoms with van der Waals surface area (Å²) in [5, 5.41) is 4.16. The maximum atomic E-state index is 13.3. The van der Waals surface area contributed by atoms with Gasteiger partial charge in [0.05, 0.1) is 12.2 Å². The zero-order valence-electron chi connectivity index (χ0n) is 13.6. The molecule has 0 amide bonds. The van der Waals surface area contributed by atoms with Crippen LogP contribution >= 0.6 is 24.0 Å². The van der Waals surface area contributed by atoms with Crippen molar-refractivity contribution in [2.45, 2.75) is 30.5 Å². The highest BCUT2D eigenvalue weighted by molar-refractivity contribution is 7.89. The zero-order valence-corrected chi connectivity index (χ0v) is 15.9. The van der Waals surface area contributed by atoms with Crippen LogP contribution < -0.4 is 5.32 Å². The number of benzene rings is 1. The molecule has 2 aliphatic rings. The van der Waals surface area contributed by atoms with Crippen LogP contribution in [0, 0.1) is 0 Å². The molecular weight excluding hydrogens is 383 g/mol. The van der Waals surface area contributed by atoms with Gasteiger partial charge in [0.2, 0.25) is 0 Å². The van der Waals surface area contributed by atoms with Crippen molar-refractivity contribution in [2.75, 3.05) is 19.6 Å². The van der Waals surface area contributed by atoms with E-state index in [2.05, 4.69) is 10.3 Å². The normalized spacial score (nSPS) is 20.9. The number of halogens is 2. The molecule has 25 heavy (non-hydrogen) atoms. The van der Waals surface area contributed by atoms with Gasteiger partial charge in [0.25, 0.3) is 10.0 Å². The average Bonchev–Trinajstić information content (AvgIpc) is 3.18. The van der Waals surface area contributed by atoms with E-state index in [0.717, 1.165) is 24.2 Å². The number of imidazole rings is 1. The molecule has 1 saturated heterocycles. The Morgan fingerprint density at radius 1 is 1.24 bits per heavy atom. The minimum Gasteiger partial charge on any atom is -0.318 e. The van der Waals surface area contributed by atoms with Crippen molar-refractivity contribution in [1.29, 1.82) is 0 Å². The molecule has 0 radical (unpaired) electrons. The number of piperazine rings is 1. The van der Waals surface area contributed by atoms with Gasteiger partial charge in [-0.2, -0.15) is 4.31 Å². The van der Waals surface area contributed by atoms with Crippen molar-refractivity contribution in [3.05, 3.63) is 46.9 Å². The van der Waals surface area contributed by atoms with Crippen molar-refractivity contribution in [2.24, 2.45) is 0 Å². The highest BCUT2D eigenvalue weighted by atomic mass is 35.5. The molecule has 6 nitrogen and oxygen atoms in total. The molecule has 1 aromatic heterocycles. The van der Waals surface area contributed by atoms with Crippen LogP contribution in [-0.4, -0.2) is 41.9 Å². The van der Waals surface area contributed by atoms with Crippen LogP contribution in [0.5, 0.6) is 0 Å². The smallest absolute Gasteiger partial charge is 0.260 e. The molecule has 1 fully saturated rings. The number of nitrogens with one attached hydrogen (secondary N) is 1. The lowest BCUT2D eigenvalue weighted by Crippen LogP contribution is -2.49.